The van der Waals surface area contributed by atoms with Crippen LogP contribution in [0.1, 0.15) is 25.3 Å². The van der Waals surface area contributed by atoms with Gasteiger partial charge in [-0.15, -0.1) is 0 Å². The van der Waals surface area contributed by atoms with Crippen molar-refractivity contribution < 1.29 is 8.78 Å². The molecule has 0 amide bonds. The van der Waals surface area contributed by atoms with Gasteiger partial charge >= 0.3 is 0 Å². The van der Waals surface area contributed by atoms with E-state index in [2.05, 4.69) is 12.2 Å². The van der Waals surface area contributed by atoms with Crippen molar-refractivity contribution in [3.63, 3.8) is 0 Å². The van der Waals surface area contributed by atoms with Gasteiger partial charge < -0.3 is 10.2 Å². The van der Waals surface area contributed by atoms with Crippen molar-refractivity contribution in [3.05, 3.63) is 29.3 Å². The fourth-order valence-corrected chi connectivity index (χ4v) is 2.60. The lowest BCUT2D eigenvalue weighted by molar-refractivity contribution is 0.556. The Morgan fingerprint density at radius 1 is 1.33 bits per heavy atom. The molecule has 1 aliphatic heterocycles. The third-order valence-corrected chi connectivity index (χ3v) is 3.64. The summed E-state index contributed by atoms with van der Waals surface area (Å²) in [6.45, 7) is 4.11. The van der Waals surface area contributed by atoms with E-state index in [0.717, 1.165) is 25.9 Å². The fraction of sp³-hybridized carbons (Fsp3) is 0.571. The molecule has 100 valence electrons. The van der Waals surface area contributed by atoms with Gasteiger partial charge in [-0.05, 0) is 37.1 Å². The molecule has 1 N–H and O–H groups in total. The van der Waals surface area contributed by atoms with Crippen LogP contribution >= 0.6 is 0 Å². The standard InChI is InChI=1S/C14H20F2N2/c1-3-10-4-5-18(9-10)14-12(15)6-11(8-17-2)7-13(14)16/h6-7,10,17H,3-5,8-9H2,1-2H3. The zero-order valence-corrected chi connectivity index (χ0v) is 11.0. The van der Waals surface area contributed by atoms with E-state index in [9.17, 15) is 8.78 Å². The Bertz CT molecular complexity index is 397. The predicted molar refractivity (Wildman–Crippen MR) is 69.7 cm³/mol. The van der Waals surface area contributed by atoms with Crippen LogP contribution < -0.4 is 10.2 Å². The second-order valence-electron chi connectivity index (χ2n) is 4.95. The minimum absolute atomic E-state index is 0.144. The molecule has 1 unspecified atom stereocenters. The lowest BCUT2D eigenvalue weighted by Crippen LogP contribution is -2.22. The molecule has 1 fully saturated rings. The van der Waals surface area contributed by atoms with Gasteiger partial charge in [0, 0.05) is 19.6 Å². The molecule has 0 saturated carbocycles. The van der Waals surface area contributed by atoms with Crippen molar-refractivity contribution >= 4 is 5.69 Å². The van der Waals surface area contributed by atoms with Crippen molar-refractivity contribution in [1.82, 2.24) is 5.32 Å². The zero-order chi connectivity index (χ0) is 13.1. The molecule has 1 aliphatic rings. The van der Waals surface area contributed by atoms with Crippen LogP contribution in [0.3, 0.4) is 0 Å². The van der Waals surface area contributed by atoms with Crippen LogP contribution in [0.4, 0.5) is 14.5 Å². The maximum atomic E-state index is 14.0. The lowest BCUT2D eigenvalue weighted by atomic mass is 10.1. The third kappa shape index (κ3) is 2.64. The molecule has 1 atom stereocenters. The molecular weight excluding hydrogens is 234 g/mol. The van der Waals surface area contributed by atoms with E-state index in [4.69, 9.17) is 0 Å². The second kappa shape index (κ2) is 5.65. The summed E-state index contributed by atoms with van der Waals surface area (Å²) in [7, 11) is 1.76. The SMILES string of the molecule is CCC1CCN(c2c(F)cc(CNC)cc2F)C1. The molecule has 1 heterocycles. The van der Waals surface area contributed by atoms with Crippen LogP contribution in [0.5, 0.6) is 0 Å². The molecule has 0 aromatic heterocycles. The van der Waals surface area contributed by atoms with Gasteiger partial charge in [-0.1, -0.05) is 13.3 Å². The monoisotopic (exact) mass is 254 g/mol. The number of hydrogen-bond acceptors (Lipinski definition) is 2. The number of hydrogen-bond donors (Lipinski definition) is 1. The normalized spacial score (nSPS) is 19.6. The smallest absolute Gasteiger partial charge is 0.149 e. The summed E-state index contributed by atoms with van der Waals surface area (Å²) in [5.41, 5.74) is 0.785. The summed E-state index contributed by atoms with van der Waals surface area (Å²) >= 11 is 0. The zero-order valence-electron chi connectivity index (χ0n) is 11.0. The predicted octanol–water partition coefficient (Wildman–Crippen LogP) is 2.92. The van der Waals surface area contributed by atoms with E-state index in [0.29, 0.717) is 18.0 Å². The van der Waals surface area contributed by atoms with Crippen LogP contribution in [0.25, 0.3) is 0 Å². The third-order valence-electron chi connectivity index (χ3n) is 3.64. The summed E-state index contributed by atoms with van der Waals surface area (Å²) in [6.07, 6.45) is 2.09. The largest absolute Gasteiger partial charge is 0.367 e. The van der Waals surface area contributed by atoms with Crippen LogP contribution in [-0.2, 0) is 6.54 Å². The van der Waals surface area contributed by atoms with Crippen molar-refractivity contribution in [1.29, 1.82) is 0 Å². The van der Waals surface area contributed by atoms with Gasteiger partial charge in [-0.2, -0.15) is 0 Å². The highest BCUT2D eigenvalue weighted by molar-refractivity contribution is 5.51. The second-order valence-corrected chi connectivity index (χ2v) is 4.95. The summed E-state index contributed by atoms with van der Waals surface area (Å²) in [5, 5.41) is 2.90. The van der Waals surface area contributed by atoms with E-state index < -0.39 is 11.6 Å². The number of anilines is 1. The maximum Gasteiger partial charge on any atom is 0.149 e. The molecular formula is C14H20F2N2. The molecule has 0 bridgehead atoms. The Morgan fingerprint density at radius 2 is 2.00 bits per heavy atom. The quantitative estimate of drug-likeness (QED) is 0.888. The van der Waals surface area contributed by atoms with Crippen LogP contribution in [0.15, 0.2) is 12.1 Å². The summed E-state index contributed by atoms with van der Waals surface area (Å²) < 4.78 is 28.0. The highest BCUT2D eigenvalue weighted by Crippen LogP contribution is 2.30. The van der Waals surface area contributed by atoms with E-state index in [-0.39, 0.29) is 5.69 Å². The molecule has 18 heavy (non-hydrogen) atoms. The van der Waals surface area contributed by atoms with Crippen molar-refractivity contribution in [3.8, 4) is 0 Å². The Kier molecular flexibility index (Phi) is 4.17. The highest BCUT2D eigenvalue weighted by atomic mass is 19.1. The molecule has 1 saturated heterocycles. The Hall–Kier alpha value is -1.16. The first-order valence-corrected chi connectivity index (χ1v) is 6.53. The first-order valence-electron chi connectivity index (χ1n) is 6.53. The van der Waals surface area contributed by atoms with E-state index >= 15 is 0 Å². The number of nitrogens with one attached hydrogen (secondary N) is 1. The fourth-order valence-electron chi connectivity index (χ4n) is 2.60. The van der Waals surface area contributed by atoms with Crippen molar-refractivity contribution in [2.45, 2.75) is 26.3 Å². The number of benzene rings is 1. The first kappa shape index (κ1) is 13.3. The molecule has 2 nitrogen and oxygen atoms in total. The molecule has 4 heteroatoms. The molecule has 0 radical (unpaired) electrons. The highest BCUT2D eigenvalue weighted by Gasteiger charge is 2.26. The molecule has 1 aromatic carbocycles. The molecule has 0 aliphatic carbocycles. The first-order chi connectivity index (χ1) is 8.65. The Labute approximate surface area is 107 Å². The lowest BCUT2D eigenvalue weighted by Gasteiger charge is -2.20. The minimum Gasteiger partial charge on any atom is -0.367 e. The van der Waals surface area contributed by atoms with Gasteiger partial charge in [0.15, 0.2) is 0 Å². The van der Waals surface area contributed by atoms with E-state index in [1.165, 1.54) is 12.1 Å². The maximum absolute atomic E-state index is 14.0. The van der Waals surface area contributed by atoms with Gasteiger partial charge in [-0.25, -0.2) is 8.78 Å². The number of halogens is 2. The summed E-state index contributed by atoms with van der Waals surface area (Å²) in [5.74, 6) is -0.338. The molecule has 0 spiro atoms. The van der Waals surface area contributed by atoms with Gasteiger partial charge in [0.2, 0.25) is 0 Å². The van der Waals surface area contributed by atoms with Gasteiger partial charge in [0.25, 0.3) is 0 Å². The number of rotatable bonds is 4. The minimum atomic E-state index is -0.447. The molecule has 1 aromatic rings. The summed E-state index contributed by atoms with van der Waals surface area (Å²) in [4.78, 5) is 1.84. The average Bonchev–Trinajstić information content (AvgIpc) is 2.77. The van der Waals surface area contributed by atoms with Gasteiger partial charge in [-0.3, -0.25) is 0 Å². The van der Waals surface area contributed by atoms with Gasteiger partial charge in [0.1, 0.15) is 17.3 Å². The van der Waals surface area contributed by atoms with Gasteiger partial charge in [0.05, 0.1) is 0 Å². The van der Waals surface area contributed by atoms with Crippen molar-refractivity contribution in [2.75, 3.05) is 25.0 Å². The summed E-state index contributed by atoms with van der Waals surface area (Å²) in [6, 6.07) is 2.85. The topological polar surface area (TPSA) is 15.3 Å². The molecule has 2 rings (SSSR count). The van der Waals surface area contributed by atoms with Crippen LogP contribution in [0, 0.1) is 17.6 Å². The number of nitrogens with zero attached hydrogens (tertiary/aromatic N) is 1. The van der Waals surface area contributed by atoms with E-state index in [1.807, 2.05) is 4.90 Å². The van der Waals surface area contributed by atoms with Crippen LogP contribution in [0.2, 0.25) is 0 Å². The Morgan fingerprint density at radius 3 is 2.50 bits per heavy atom. The van der Waals surface area contributed by atoms with Crippen molar-refractivity contribution in [2.24, 2.45) is 5.92 Å². The van der Waals surface area contributed by atoms with Crippen LogP contribution in [-0.4, -0.2) is 20.1 Å². The Balaban J connectivity index is 2.23. The van der Waals surface area contributed by atoms with E-state index in [1.54, 1.807) is 7.05 Å². The average molecular weight is 254 g/mol.